The quantitative estimate of drug-likeness (QED) is 0.626. The van der Waals surface area contributed by atoms with E-state index in [1.165, 1.54) is 18.2 Å². The minimum absolute atomic E-state index is 0.0164. The monoisotopic (exact) mass is 456 g/mol. The average molecular weight is 457 g/mol. The maximum absolute atomic E-state index is 17.2. The zero-order valence-electron chi connectivity index (χ0n) is 18.2. The van der Waals surface area contributed by atoms with Crippen molar-refractivity contribution in [3.8, 4) is 0 Å². The van der Waals surface area contributed by atoms with Crippen LogP contribution in [0.3, 0.4) is 0 Å². The number of aliphatic hydroxyl groups is 1. The van der Waals surface area contributed by atoms with E-state index < -0.39 is 46.6 Å². The Bertz CT molecular complexity index is 844. The molecular weight excluding hydrogens is 425 g/mol. The lowest BCUT2D eigenvalue weighted by molar-refractivity contribution is -0.210. The Kier molecular flexibility index (Phi) is 5.78. The second-order valence-electron chi connectivity index (χ2n) is 10.5. The van der Waals surface area contributed by atoms with Crippen LogP contribution >= 0.6 is 11.8 Å². The number of alkyl halides is 3. The van der Waals surface area contributed by atoms with Crippen LogP contribution in [0.4, 0.5) is 13.2 Å². The first-order valence-corrected chi connectivity index (χ1v) is 12.2. The molecule has 0 heterocycles. The molecule has 0 amide bonds. The standard InChI is InChI=1S/C24H31F3O3S/c1-13-4-5-17-18-10-15(26)8-14-9-16(28)6-7-23(14,3)24(18,27)19(29)11-22(17,2)20(13)21(30)31-12-25/h6-7,9,13,15,17-20,29H,4-5,8,10-12H2,1-3H3/t13-,15-,17?,18?,19?,20?,22?,23?,24+/m1/s1. The fourth-order valence-corrected chi connectivity index (χ4v) is 8.33. The first kappa shape index (κ1) is 23.1. The molecule has 0 aliphatic heterocycles. The summed E-state index contributed by atoms with van der Waals surface area (Å²) < 4.78 is 45.4. The van der Waals surface area contributed by atoms with Crippen molar-refractivity contribution < 1.29 is 27.9 Å². The molecule has 4 aliphatic carbocycles. The lowest BCUT2D eigenvalue weighted by Gasteiger charge is -2.63. The van der Waals surface area contributed by atoms with Gasteiger partial charge in [0, 0.05) is 23.7 Å². The Morgan fingerprint density at radius 1 is 1.29 bits per heavy atom. The Labute approximate surface area is 185 Å². The molecule has 7 heteroatoms. The summed E-state index contributed by atoms with van der Waals surface area (Å²) in [7, 11) is 0. The van der Waals surface area contributed by atoms with Gasteiger partial charge in [-0.3, -0.25) is 9.59 Å². The number of carbonyl (C=O) groups excluding carboxylic acids is 2. The van der Waals surface area contributed by atoms with Crippen molar-refractivity contribution in [2.45, 2.75) is 70.8 Å². The van der Waals surface area contributed by atoms with Gasteiger partial charge in [0.05, 0.1) is 6.10 Å². The van der Waals surface area contributed by atoms with Crippen LogP contribution in [-0.4, -0.2) is 40.0 Å². The SMILES string of the molecule is C[C@@H]1CCC2C3C[C@H](F)CC4=CC(=O)C=CC4(C)[C@@]3(F)C(O)CC2(C)C1C(=O)SCF. The molecule has 0 aromatic heterocycles. The van der Waals surface area contributed by atoms with E-state index >= 15 is 8.78 Å². The largest absolute Gasteiger partial charge is 0.390 e. The highest BCUT2D eigenvalue weighted by Gasteiger charge is 2.70. The molecule has 0 radical (unpaired) electrons. The first-order valence-electron chi connectivity index (χ1n) is 11.2. The molecular formula is C24H31F3O3S. The lowest BCUT2D eigenvalue weighted by atomic mass is 9.43. The van der Waals surface area contributed by atoms with Crippen LogP contribution in [0.5, 0.6) is 0 Å². The van der Waals surface area contributed by atoms with Crippen LogP contribution < -0.4 is 0 Å². The van der Waals surface area contributed by atoms with Gasteiger partial charge in [0.2, 0.25) is 0 Å². The average Bonchev–Trinajstić information content (AvgIpc) is 2.76. The molecule has 3 saturated carbocycles. The number of allylic oxidation sites excluding steroid dienone is 4. The van der Waals surface area contributed by atoms with Crippen LogP contribution in [0, 0.1) is 34.5 Å². The van der Waals surface area contributed by atoms with Gasteiger partial charge in [-0.05, 0) is 62.0 Å². The number of thioether (sulfide) groups is 1. The van der Waals surface area contributed by atoms with Gasteiger partial charge in [0.1, 0.15) is 12.2 Å². The van der Waals surface area contributed by atoms with Crippen LogP contribution in [-0.2, 0) is 9.59 Å². The van der Waals surface area contributed by atoms with Gasteiger partial charge in [0.15, 0.2) is 16.6 Å². The van der Waals surface area contributed by atoms with Gasteiger partial charge in [-0.15, -0.1) is 0 Å². The summed E-state index contributed by atoms with van der Waals surface area (Å²) >= 11 is 0.635. The summed E-state index contributed by atoms with van der Waals surface area (Å²) in [5.74, 6) is -1.94. The number of ketones is 1. The van der Waals surface area contributed by atoms with E-state index in [1.807, 2.05) is 13.8 Å². The fourth-order valence-electron chi connectivity index (χ4n) is 7.54. The maximum Gasteiger partial charge on any atom is 0.195 e. The molecule has 0 bridgehead atoms. The number of hydrogen-bond donors (Lipinski definition) is 1. The molecule has 0 saturated heterocycles. The number of aliphatic hydroxyl groups excluding tert-OH is 1. The van der Waals surface area contributed by atoms with Crippen molar-refractivity contribution in [3.63, 3.8) is 0 Å². The number of rotatable bonds is 2. The zero-order valence-corrected chi connectivity index (χ0v) is 19.1. The van der Waals surface area contributed by atoms with Crippen molar-refractivity contribution in [1.29, 1.82) is 0 Å². The molecule has 3 nitrogen and oxygen atoms in total. The molecule has 6 unspecified atom stereocenters. The summed E-state index contributed by atoms with van der Waals surface area (Å²) in [5.41, 5.74) is -3.79. The van der Waals surface area contributed by atoms with Gasteiger partial charge >= 0.3 is 0 Å². The van der Waals surface area contributed by atoms with E-state index in [9.17, 15) is 19.1 Å². The van der Waals surface area contributed by atoms with Crippen LogP contribution in [0.15, 0.2) is 23.8 Å². The molecule has 1 N–H and O–H groups in total. The second-order valence-corrected chi connectivity index (χ2v) is 11.4. The van der Waals surface area contributed by atoms with Crippen LogP contribution in [0.2, 0.25) is 0 Å². The topological polar surface area (TPSA) is 54.4 Å². The zero-order chi connectivity index (χ0) is 22.8. The minimum Gasteiger partial charge on any atom is -0.390 e. The van der Waals surface area contributed by atoms with Crippen molar-refractivity contribution in [3.05, 3.63) is 23.8 Å². The van der Waals surface area contributed by atoms with E-state index in [0.29, 0.717) is 30.2 Å². The molecule has 172 valence electrons. The van der Waals surface area contributed by atoms with Crippen LogP contribution in [0.25, 0.3) is 0 Å². The van der Waals surface area contributed by atoms with Crippen molar-refractivity contribution in [2.75, 3.05) is 6.01 Å². The highest BCUT2D eigenvalue weighted by molar-refractivity contribution is 8.13. The second kappa shape index (κ2) is 7.75. The van der Waals surface area contributed by atoms with E-state index in [2.05, 4.69) is 0 Å². The number of hydrogen-bond acceptors (Lipinski definition) is 4. The van der Waals surface area contributed by atoms with Gasteiger partial charge in [-0.25, -0.2) is 13.2 Å². The summed E-state index contributed by atoms with van der Waals surface area (Å²) in [5, 5.41) is 11.1. The molecule has 0 aromatic carbocycles. The van der Waals surface area contributed by atoms with Crippen molar-refractivity contribution in [1.82, 2.24) is 0 Å². The smallest absolute Gasteiger partial charge is 0.195 e. The fraction of sp³-hybridized carbons (Fsp3) is 0.750. The molecule has 4 rings (SSSR count). The Balaban J connectivity index is 1.84. The van der Waals surface area contributed by atoms with Gasteiger partial charge < -0.3 is 5.11 Å². The summed E-state index contributed by atoms with van der Waals surface area (Å²) in [6, 6.07) is -0.820. The molecule has 4 aliphatic rings. The summed E-state index contributed by atoms with van der Waals surface area (Å²) in [6.07, 6.45) is 2.65. The number of halogens is 3. The van der Waals surface area contributed by atoms with Crippen LogP contribution in [0.1, 0.15) is 52.9 Å². The highest BCUT2D eigenvalue weighted by Crippen LogP contribution is 2.67. The van der Waals surface area contributed by atoms with E-state index in [4.69, 9.17) is 0 Å². The van der Waals surface area contributed by atoms with E-state index in [1.54, 1.807) is 6.92 Å². The number of fused-ring (bicyclic) bond motifs is 5. The Morgan fingerprint density at radius 3 is 2.68 bits per heavy atom. The third kappa shape index (κ3) is 3.20. The third-order valence-corrected chi connectivity index (χ3v) is 9.61. The van der Waals surface area contributed by atoms with E-state index in [-0.39, 0.29) is 42.0 Å². The first-order chi connectivity index (χ1) is 14.5. The summed E-state index contributed by atoms with van der Waals surface area (Å²) in [6.45, 7) is 5.51. The predicted molar refractivity (Wildman–Crippen MR) is 114 cm³/mol. The van der Waals surface area contributed by atoms with Gasteiger partial charge in [0.25, 0.3) is 0 Å². The van der Waals surface area contributed by atoms with Gasteiger partial charge in [-0.1, -0.05) is 37.3 Å². The normalized spacial score (nSPS) is 49.4. The van der Waals surface area contributed by atoms with Gasteiger partial charge in [-0.2, -0.15) is 0 Å². The number of carbonyl (C=O) groups is 2. The van der Waals surface area contributed by atoms with Crippen molar-refractivity contribution in [2.24, 2.45) is 34.5 Å². The highest BCUT2D eigenvalue weighted by atomic mass is 32.2. The Morgan fingerprint density at radius 2 is 2.00 bits per heavy atom. The summed E-state index contributed by atoms with van der Waals surface area (Å²) in [4.78, 5) is 24.9. The molecule has 3 fully saturated rings. The van der Waals surface area contributed by atoms with Crippen molar-refractivity contribution >= 4 is 22.7 Å². The predicted octanol–water partition coefficient (Wildman–Crippen LogP) is 5.13. The molecule has 9 atom stereocenters. The molecule has 31 heavy (non-hydrogen) atoms. The third-order valence-electron chi connectivity index (χ3n) is 8.97. The molecule has 0 aromatic rings. The van der Waals surface area contributed by atoms with E-state index in [0.717, 1.165) is 0 Å². The maximum atomic E-state index is 17.2. The Hall–Kier alpha value is -1.08. The lowest BCUT2D eigenvalue weighted by Crippen LogP contribution is -2.67. The molecule has 0 spiro atoms. The minimum atomic E-state index is -2.15.